The third-order valence-electron chi connectivity index (χ3n) is 4.05. The Morgan fingerprint density at radius 1 is 1.27 bits per heavy atom. The first-order chi connectivity index (χ1) is 12.6. The Balaban J connectivity index is 1.40. The Bertz CT molecular complexity index is 915. The van der Waals surface area contributed by atoms with E-state index in [9.17, 15) is 4.79 Å². The van der Waals surface area contributed by atoms with Crippen molar-refractivity contribution in [1.82, 2.24) is 15.2 Å². The minimum atomic E-state index is 0.0439. The van der Waals surface area contributed by atoms with Crippen molar-refractivity contribution in [2.75, 3.05) is 4.90 Å². The van der Waals surface area contributed by atoms with Gasteiger partial charge in [-0.3, -0.25) is 9.69 Å². The second kappa shape index (κ2) is 7.46. The molecule has 1 aromatic carbocycles. The van der Waals surface area contributed by atoms with E-state index in [4.69, 9.17) is 4.98 Å². The second-order valence-electron chi connectivity index (χ2n) is 6.27. The lowest BCUT2D eigenvalue weighted by molar-refractivity contribution is -0.116. The Kier molecular flexibility index (Phi) is 5.06. The van der Waals surface area contributed by atoms with Crippen molar-refractivity contribution >= 4 is 45.5 Å². The van der Waals surface area contributed by atoms with Crippen molar-refractivity contribution in [1.29, 1.82) is 0 Å². The Morgan fingerprint density at radius 3 is 2.73 bits per heavy atom. The molecule has 8 heteroatoms. The van der Waals surface area contributed by atoms with Gasteiger partial charge in [0.05, 0.1) is 5.69 Å². The first-order valence-electron chi connectivity index (χ1n) is 8.37. The van der Waals surface area contributed by atoms with Gasteiger partial charge in [-0.1, -0.05) is 52.9 Å². The van der Waals surface area contributed by atoms with E-state index in [1.54, 1.807) is 34.9 Å². The zero-order chi connectivity index (χ0) is 18.1. The molecule has 0 N–H and O–H groups in total. The average molecular weight is 403 g/mol. The molecule has 0 bridgehead atoms. The highest BCUT2D eigenvalue weighted by Crippen LogP contribution is 2.36. The van der Waals surface area contributed by atoms with Gasteiger partial charge in [-0.15, -0.1) is 21.5 Å². The number of rotatable bonds is 6. The standard InChI is InChI=1S/C18H18N4OS3/c1-11-3-5-13(6-4-11)16-19-14(9-24-16)10-25-18-21-20-17(26-18)22(12(2)23)15-7-8-15/h3-6,9,15H,7-8,10H2,1-2H3. The van der Waals surface area contributed by atoms with Crippen LogP contribution in [-0.4, -0.2) is 27.1 Å². The SMILES string of the molecule is CC(=O)N(c1nnc(SCc2csc(-c3ccc(C)cc3)n2)s1)C1CC1. The van der Waals surface area contributed by atoms with Crippen molar-refractivity contribution in [2.45, 2.75) is 42.8 Å². The first-order valence-corrected chi connectivity index (χ1v) is 11.1. The van der Waals surface area contributed by atoms with Crippen LogP contribution >= 0.6 is 34.4 Å². The zero-order valence-corrected chi connectivity index (χ0v) is 17.0. The second-order valence-corrected chi connectivity index (χ2v) is 9.31. The molecule has 0 aliphatic heterocycles. The first kappa shape index (κ1) is 17.6. The molecule has 1 aliphatic carbocycles. The Hall–Kier alpha value is -1.77. The van der Waals surface area contributed by atoms with Crippen LogP contribution in [0.3, 0.4) is 0 Å². The minimum absolute atomic E-state index is 0.0439. The number of aryl methyl sites for hydroxylation is 1. The third kappa shape index (κ3) is 3.97. The highest BCUT2D eigenvalue weighted by atomic mass is 32.2. The number of carbonyl (C=O) groups excluding carboxylic acids is 1. The van der Waals surface area contributed by atoms with E-state index in [0.29, 0.717) is 11.2 Å². The van der Waals surface area contributed by atoms with Gasteiger partial charge >= 0.3 is 0 Å². The van der Waals surface area contributed by atoms with Gasteiger partial charge in [-0.2, -0.15) is 0 Å². The van der Waals surface area contributed by atoms with Gasteiger partial charge in [-0.05, 0) is 19.8 Å². The predicted octanol–water partition coefficient (Wildman–Crippen LogP) is 4.78. The molecule has 4 rings (SSSR count). The summed E-state index contributed by atoms with van der Waals surface area (Å²) in [6.45, 7) is 3.68. The highest BCUT2D eigenvalue weighted by molar-refractivity contribution is 8.00. The molecule has 1 aliphatic rings. The maximum atomic E-state index is 11.8. The molecule has 0 radical (unpaired) electrons. The van der Waals surface area contributed by atoms with Gasteiger partial charge in [0, 0.05) is 29.7 Å². The summed E-state index contributed by atoms with van der Waals surface area (Å²) in [6.07, 6.45) is 2.12. The van der Waals surface area contributed by atoms with Crippen LogP contribution in [0.2, 0.25) is 0 Å². The fourth-order valence-corrected chi connectivity index (χ4v) is 5.36. The van der Waals surface area contributed by atoms with Crippen LogP contribution in [0.4, 0.5) is 5.13 Å². The molecule has 26 heavy (non-hydrogen) atoms. The maximum Gasteiger partial charge on any atom is 0.225 e. The largest absolute Gasteiger partial charge is 0.284 e. The van der Waals surface area contributed by atoms with E-state index in [0.717, 1.165) is 39.2 Å². The summed E-state index contributed by atoms with van der Waals surface area (Å²) in [5.41, 5.74) is 3.44. The maximum absolute atomic E-state index is 11.8. The van der Waals surface area contributed by atoms with Gasteiger partial charge in [0.15, 0.2) is 4.34 Å². The normalized spacial score (nSPS) is 13.8. The Labute approximate surface area is 164 Å². The van der Waals surface area contributed by atoms with E-state index in [1.165, 1.54) is 16.9 Å². The zero-order valence-electron chi connectivity index (χ0n) is 14.5. The molecule has 1 fully saturated rings. The molecular formula is C18H18N4OS3. The number of anilines is 1. The van der Waals surface area contributed by atoms with Gasteiger partial charge in [0.25, 0.3) is 0 Å². The molecule has 5 nitrogen and oxygen atoms in total. The lowest BCUT2D eigenvalue weighted by atomic mass is 10.2. The molecule has 0 unspecified atom stereocenters. The van der Waals surface area contributed by atoms with Gasteiger partial charge in [-0.25, -0.2) is 4.98 Å². The summed E-state index contributed by atoms with van der Waals surface area (Å²) in [7, 11) is 0. The molecule has 1 amide bonds. The molecule has 0 atom stereocenters. The van der Waals surface area contributed by atoms with Crippen LogP contribution in [0.25, 0.3) is 10.6 Å². The molecule has 0 spiro atoms. The van der Waals surface area contributed by atoms with E-state index in [1.807, 2.05) is 0 Å². The number of hydrogen-bond acceptors (Lipinski definition) is 7. The summed E-state index contributed by atoms with van der Waals surface area (Å²) < 4.78 is 0.872. The van der Waals surface area contributed by atoms with E-state index < -0.39 is 0 Å². The fraction of sp³-hybridized carbons (Fsp3) is 0.333. The molecule has 3 aromatic rings. The fourth-order valence-electron chi connectivity index (χ4n) is 2.58. The van der Waals surface area contributed by atoms with Crippen LogP contribution < -0.4 is 4.90 Å². The third-order valence-corrected chi connectivity index (χ3v) is 7.08. The number of amides is 1. The van der Waals surface area contributed by atoms with Crippen LogP contribution in [0.15, 0.2) is 34.0 Å². The van der Waals surface area contributed by atoms with Crippen LogP contribution in [-0.2, 0) is 10.5 Å². The lowest BCUT2D eigenvalue weighted by Gasteiger charge is -2.15. The number of benzene rings is 1. The number of carbonyl (C=O) groups is 1. The van der Waals surface area contributed by atoms with E-state index in [-0.39, 0.29) is 5.91 Å². The summed E-state index contributed by atoms with van der Waals surface area (Å²) in [6, 6.07) is 8.74. The summed E-state index contributed by atoms with van der Waals surface area (Å²) in [4.78, 5) is 18.3. The highest BCUT2D eigenvalue weighted by Gasteiger charge is 2.34. The van der Waals surface area contributed by atoms with Crippen LogP contribution in [0.5, 0.6) is 0 Å². The number of hydrogen-bond donors (Lipinski definition) is 0. The lowest BCUT2D eigenvalue weighted by Crippen LogP contribution is -2.30. The Morgan fingerprint density at radius 2 is 2.04 bits per heavy atom. The van der Waals surface area contributed by atoms with Crippen molar-refractivity contribution in [2.24, 2.45) is 0 Å². The molecule has 0 saturated heterocycles. The molecule has 2 heterocycles. The van der Waals surface area contributed by atoms with Crippen molar-refractivity contribution in [3.63, 3.8) is 0 Å². The van der Waals surface area contributed by atoms with Gasteiger partial charge in [0.2, 0.25) is 11.0 Å². The monoisotopic (exact) mass is 402 g/mol. The minimum Gasteiger partial charge on any atom is -0.284 e. The number of nitrogens with zero attached hydrogens (tertiary/aromatic N) is 4. The van der Waals surface area contributed by atoms with Crippen LogP contribution in [0.1, 0.15) is 31.0 Å². The average Bonchev–Trinajstić information content (AvgIpc) is 3.15. The van der Waals surface area contributed by atoms with Crippen LogP contribution in [0, 0.1) is 6.92 Å². The van der Waals surface area contributed by atoms with Crippen molar-refractivity contribution in [3.05, 3.63) is 40.9 Å². The topological polar surface area (TPSA) is 59.0 Å². The quantitative estimate of drug-likeness (QED) is 0.439. The van der Waals surface area contributed by atoms with Gasteiger partial charge < -0.3 is 0 Å². The number of aromatic nitrogens is 3. The van der Waals surface area contributed by atoms with Crippen molar-refractivity contribution in [3.8, 4) is 10.6 Å². The summed E-state index contributed by atoms with van der Waals surface area (Å²) in [5.74, 6) is 0.794. The predicted molar refractivity (Wildman–Crippen MR) is 108 cm³/mol. The van der Waals surface area contributed by atoms with Crippen molar-refractivity contribution < 1.29 is 4.79 Å². The smallest absolute Gasteiger partial charge is 0.225 e. The van der Waals surface area contributed by atoms with Gasteiger partial charge in [0.1, 0.15) is 5.01 Å². The number of thiazole rings is 1. The summed E-state index contributed by atoms with van der Waals surface area (Å²) in [5, 5.41) is 12.3. The van der Waals surface area contributed by atoms with E-state index in [2.05, 4.69) is 46.8 Å². The molecule has 1 saturated carbocycles. The molecule has 134 valence electrons. The molecular weight excluding hydrogens is 384 g/mol. The summed E-state index contributed by atoms with van der Waals surface area (Å²) >= 11 is 4.76. The number of thioether (sulfide) groups is 1. The van der Waals surface area contributed by atoms with E-state index >= 15 is 0 Å². The molecule has 2 aromatic heterocycles.